The number of hydrogen-bond acceptors (Lipinski definition) is 1. The quantitative estimate of drug-likeness (QED) is 0.580. The van der Waals surface area contributed by atoms with Crippen LogP contribution in [0.3, 0.4) is 0 Å². The van der Waals surface area contributed by atoms with Gasteiger partial charge in [0.05, 0.1) is 0 Å². The first-order chi connectivity index (χ1) is 9.84. The number of aromatic hydroxyl groups is 1. The molecule has 0 aliphatic rings. The van der Waals surface area contributed by atoms with Gasteiger partial charge < -0.3 is 5.11 Å². The van der Waals surface area contributed by atoms with Crippen molar-refractivity contribution in [3.05, 3.63) is 84.9 Å². The van der Waals surface area contributed by atoms with Gasteiger partial charge >= 0.3 is 0 Å². The molecule has 101 valence electrons. The van der Waals surface area contributed by atoms with Gasteiger partial charge in [-0.25, -0.2) is 0 Å². The van der Waals surface area contributed by atoms with Gasteiger partial charge in [-0.2, -0.15) is 0 Å². The maximum atomic E-state index is 9.49. The van der Waals surface area contributed by atoms with E-state index in [1.165, 1.54) is 15.9 Å². The van der Waals surface area contributed by atoms with E-state index >= 15 is 0 Å². The minimum absolute atomic E-state index is 0. The van der Waals surface area contributed by atoms with Gasteiger partial charge in [0, 0.05) is 8.41 Å². The van der Waals surface area contributed by atoms with E-state index in [4.69, 9.17) is 0 Å². The Balaban J connectivity index is 0.00000161. The average molecular weight is 289 g/mol. The first-order valence-electron chi connectivity index (χ1n) is 6.54. The molecule has 0 heterocycles. The minimum atomic E-state index is -0.569. The second-order valence-electron chi connectivity index (χ2n) is 4.52. The van der Waals surface area contributed by atoms with Crippen LogP contribution in [0.2, 0.25) is 0 Å². The van der Waals surface area contributed by atoms with Gasteiger partial charge in [0.25, 0.3) is 0 Å². The lowest BCUT2D eigenvalue weighted by molar-refractivity contribution is 0.475. The van der Waals surface area contributed by atoms with Gasteiger partial charge in [-0.15, -0.1) is 0 Å². The van der Waals surface area contributed by atoms with E-state index in [0.29, 0.717) is 5.75 Å². The van der Waals surface area contributed by atoms with Crippen molar-refractivity contribution in [2.24, 2.45) is 0 Å². The van der Waals surface area contributed by atoms with Crippen molar-refractivity contribution >= 4 is 32.2 Å². The lowest BCUT2D eigenvalue weighted by Gasteiger charge is -2.19. The van der Waals surface area contributed by atoms with Crippen molar-refractivity contribution in [3.8, 4) is 5.75 Å². The Morgan fingerprint density at radius 2 is 0.905 bits per heavy atom. The summed E-state index contributed by atoms with van der Waals surface area (Å²) in [6.07, 6.45) is 0. The normalized spacial score (nSPS) is 10.1. The topological polar surface area (TPSA) is 20.2 Å². The molecule has 0 atom stereocenters. The molecule has 0 unspecified atom stereocenters. The zero-order valence-electron chi connectivity index (χ0n) is 11.6. The molecule has 0 bridgehead atoms. The molecule has 3 radical (unpaired) electrons. The van der Waals surface area contributed by atoms with Gasteiger partial charge in [0.1, 0.15) is 5.75 Å². The molecule has 0 saturated heterocycles. The predicted octanol–water partition coefficient (Wildman–Crippen LogP) is 2.77. The zero-order chi connectivity index (χ0) is 13.8. The molecule has 0 aromatic heterocycles. The van der Waals surface area contributed by atoms with Crippen molar-refractivity contribution in [1.82, 2.24) is 0 Å². The third kappa shape index (κ3) is 3.54. The fourth-order valence-electron chi connectivity index (χ4n) is 2.20. The van der Waals surface area contributed by atoms with Crippen molar-refractivity contribution in [3.63, 3.8) is 0 Å². The highest BCUT2D eigenvalue weighted by molar-refractivity contribution is 7.79. The Labute approximate surface area is 128 Å². The lowest BCUT2D eigenvalue weighted by Crippen LogP contribution is -2.20. The van der Waals surface area contributed by atoms with E-state index in [1.807, 2.05) is 24.3 Å². The summed E-state index contributed by atoms with van der Waals surface area (Å²) in [5, 5.41) is 13.4. The highest BCUT2D eigenvalue weighted by Crippen LogP contribution is 2.32. The third-order valence-electron chi connectivity index (χ3n) is 3.14. The molecule has 3 rings (SSSR count). The maximum Gasteiger partial charge on any atom is 0.115 e. The Morgan fingerprint density at radius 3 is 1.33 bits per heavy atom. The fourth-order valence-corrected chi connectivity index (χ4v) is 4.49. The Hall–Kier alpha value is -2.05. The SMILES string of the molecule is Oc1ccc(P(c2ccccc2)c2ccccc2)cc1.[B]. The van der Waals surface area contributed by atoms with E-state index in [9.17, 15) is 5.11 Å². The Kier molecular flexibility index (Phi) is 5.19. The summed E-state index contributed by atoms with van der Waals surface area (Å²) >= 11 is 0. The van der Waals surface area contributed by atoms with Gasteiger partial charge in [0.2, 0.25) is 0 Å². The van der Waals surface area contributed by atoms with Gasteiger partial charge in [-0.1, -0.05) is 72.8 Å². The van der Waals surface area contributed by atoms with Crippen LogP contribution in [0.4, 0.5) is 0 Å². The molecule has 0 spiro atoms. The monoisotopic (exact) mass is 289 g/mol. The summed E-state index contributed by atoms with van der Waals surface area (Å²) in [7, 11) is -0.569. The third-order valence-corrected chi connectivity index (χ3v) is 5.58. The summed E-state index contributed by atoms with van der Waals surface area (Å²) < 4.78 is 0. The number of phenolic OH excluding ortho intramolecular Hbond substituents is 1. The van der Waals surface area contributed by atoms with E-state index in [1.54, 1.807) is 12.1 Å². The Morgan fingerprint density at radius 1 is 0.524 bits per heavy atom. The van der Waals surface area contributed by atoms with Crippen LogP contribution in [0, 0.1) is 0 Å². The maximum absolute atomic E-state index is 9.49. The summed E-state index contributed by atoms with van der Waals surface area (Å²) in [6.45, 7) is 0. The van der Waals surface area contributed by atoms with Crippen molar-refractivity contribution in [2.45, 2.75) is 0 Å². The summed E-state index contributed by atoms with van der Waals surface area (Å²) in [5.74, 6) is 0.310. The number of rotatable bonds is 3. The largest absolute Gasteiger partial charge is 0.508 e. The molecule has 1 N–H and O–H groups in total. The molecular weight excluding hydrogens is 274 g/mol. The van der Waals surface area contributed by atoms with Gasteiger partial charge in [-0.3, -0.25) is 0 Å². The summed E-state index contributed by atoms with van der Waals surface area (Å²) in [6, 6.07) is 28.6. The van der Waals surface area contributed by atoms with Crippen LogP contribution in [0.25, 0.3) is 0 Å². The fraction of sp³-hybridized carbons (Fsp3) is 0. The smallest absolute Gasteiger partial charge is 0.115 e. The van der Waals surface area contributed by atoms with Crippen molar-refractivity contribution in [1.29, 1.82) is 0 Å². The zero-order valence-corrected chi connectivity index (χ0v) is 12.4. The van der Waals surface area contributed by atoms with E-state index < -0.39 is 7.92 Å². The second-order valence-corrected chi connectivity index (χ2v) is 6.74. The van der Waals surface area contributed by atoms with Crippen LogP contribution in [0.1, 0.15) is 0 Å². The molecule has 3 heteroatoms. The number of hydrogen-bond donors (Lipinski definition) is 1. The summed E-state index contributed by atoms with van der Waals surface area (Å²) in [4.78, 5) is 0. The first kappa shape index (κ1) is 15.3. The Bertz CT molecular complexity index is 629. The molecular formula is C18H15BOP. The van der Waals surface area contributed by atoms with Crippen molar-refractivity contribution < 1.29 is 5.11 Å². The van der Waals surface area contributed by atoms with Crippen LogP contribution < -0.4 is 15.9 Å². The highest BCUT2D eigenvalue weighted by Gasteiger charge is 2.15. The molecule has 0 amide bonds. The van der Waals surface area contributed by atoms with Crippen LogP contribution >= 0.6 is 7.92 Å². The second kappa shape index (κ2) is 7.10. The molecule has 21 heavy (non-hydrogen) atoms. The number of phenols is 1. The lowest BCUT2D eigenvalue weighted by atomic mass is 10.3. The molecule has 1 nitrogen and oxygen atoms in total. The van der Waals surface area contributed by atoms with Gasteiger partial charge in [0.15, 0.2) is 0 Å². The van der Waals surface area contributed by atoms with Crippen LogP contribution in [-0.4, -0.2) is 13.5 Å². The van der Waals surface area contributed by atoms with Crippen molar-refractivity contribution in [2.75, 3.05) is 0 Å². The minimum Gasteiger partial charge on any atom is -0.508 e. The first-order valence-corrected chi connectivity index (χ1v) is 7.88. The number of benzene rings is 3. The molecule has 3 aromatic rings. The van der Waals surface area contributed by atoms with Crippen LogP contribution in [0.5, 0.6) is 5.75 Å². The van der Waals surface area contributed by atoms with Crippen LogP contribution in [-0.2, 0) is 0 Å². The average Bonchev–Trinajstić information content (AvgIpc) is 2.52. The molecule has 0 fully saturated rings. The summed E-state index contributed by atoms with van der Waals surface area (Å²) in [5.41, 5.74) is 0. The van der Waals surface area contributed by atoms with E-state index in [-0.39, 0.29) is 8.41 Å². The van der Waals surface area contributed by atoms with Gasteiger partial charge in [-0.05, 0) is 36.0 Å². The molecule has 0 saturated carbocycles. The standard InChI is InChI=1S/C18H15OP.B/c19-15-11-13-18(14-12-15)20(16-7-3-1-4-8-16)17-9-5-2-6-10-17;/h1-14,19H;. The molecule has 3 aromatic carbocycles. The predicted molar refractivity (Wildman–Crippen MR) is 92.6 cm³/mol. The highest BCUT2D eigenvalue weighted by atomic mass is 31.1. The molecule has 0 aliphatic carbocycles. The van der Waals surface area contributed by atoms with Crippen LogP contribution in [0.15, 0.2) is 84.9 Å². The van der Waals surface area contributed by atoms with E-state index in [2.05, 4.69) is 48.5 Å². The van der Waals surface area contributed by atoms with E-state index in [0.717, 1.165) is 0 Å². The molecule has 0 aliphatic heterocycles.